The maximum Gasteiger partial charge on any atom is 0.254 e. The number of hydrogen-bond donors (Lipinski definition) is 1. The summed E-state index contributed by atoms with van der Waals surface area (Å²) in [5.41, 5.74) is 3.12. The predicted molar refractivity (Wildman–Crippen MR) is 62.9 cm³/mol. The van der Waals surface area contributed by atoms with Gasteiger partial charge in [0.25, 0.3) is 5.91 Å². The van der Waals surface area contributed by atoms with Gasteiger partial charge in [0.05, 0.1) is 17.0 Å². The van der Waals surface area contributed by atoms with E-state index in [4.69, 9.17) is 0 Å². The highest BCUT2D eigenvalue weighted by Crippen LogP contribution is 2.20. The Labute approximate surface area is 98.9 Å². The van der Waals surface area contributed by atoms with Crippen molar-refractivity contribution in [3.05, 3.63) is 29.2 Å². The SMILES string of the molecule is Cc1cc2ncc(C(=O)NC3CC3)c(C)n2n1. The van der Waals surface area contributed by atoms with Crippen molar-refractivity contribution < 1.29 is 4.79 Å². The van der Waals surface area contributed by atoms with E-state index in [1.165, 1.54) is 0 Å². The molecule has 2 aromatic heterocycles. The number of amides is 1. The third-order valence-corrected chi connectivity index (χ3v) is 3.00. The highest BCUT2D eigenvalue weighted by molar-refractivity contribution is 5.95. The summed E-state index contributed by atoms with van der Waals surface area (Å²) in [6.07, 6.45) is 3.80. The second-order valence-corrected chi connectivity index (χ2v) is 4.56. The van der Waals surface area contributed by atoms with Crippen LogP contribution in [0, 0.1) is 13.8 Å². The Morgan fingerprint density at radius 1 is 1.47 bits per heavy atom. The van der Waals surface area contributed by atoms with E-state index in [-0.39, 0.29) is 5.91 Å². The van der Waals surface area contributed by atoms with Crippen LogP contribution in [0.1, 0.15) is 34.6 Å². The van der Waals surface area contributed by atoms with E-state index >= 15 is 0 Å². The summed E-state index contributed by atoms with van der Waals surface area (Å²) in [5, 5.41) is 7.29. The van der Waals surface area contributed by atoms with Gasteiger partial charge in [0.2, 0.25) is 0 Å². The van der Waals surface area contributed by atoms with Crippen LogP contribution in [-0.4, -0.2) is 26.5 Å². The monoisotopic (exact) mass is 230 g/mol. The summed E-state index contributed by atoms with van der Waals surface area (Å²) in [6.45, 7) is 3.81. The van der Waals surface area contributed by atoms with Gasteiger partial charge >= 0.3 is 0 Å². The normalized spacial score (nSPS) is 15.2. The number of aromatic nitrogens is 3. The molecular formula is C12H14N4O. The zero-order chi connectivity index (χ0) is 12.0. The lowest BCUT2D eigenvalue weighted by atomic mass is 10.2. The van der Waals surface area contributed by atoms with Crippen molar-refractivity contribution >= 4 is 11.6 Å². The fraction of sp³-hybridized carbons (Fsp3) is 0.417. The van der Waals surface area contributed by atoms with Crippen molar-refractivity contribution in [2.45, 2.75) is 32.7 Å². The molecule has 5 nitrogen and oxygen atoms in total. The molecule has 0 atom stereocenters. The van der Waals surface area contributed by atoms with Crippen LogP contribution in [0.15, 0.2) is 12.3 Å². The standard InChI is InChI=1S/C12H14N4O/c1-7-5-11-13-6-10(8(2)16(11)15-7)12(17)14-9-3-4-9/h5-6,9H,3-4H2,1-2H3,(H,14,17). The molecule has 0 radical (unpaired) electrons. The van der Waals surface area contributed by atoms with Gasteiger partial charge in [-0.3, -0.25) is 4.79 Å². The molecule has 1 fully saturated rings. The van der Waals surface area contributed by atoms with Crippen molar-refractivity contribution in [2.24, 2.45) is 0 Å². The highest BCUT2D eigenvalue weighted by Gasteiger charge is 2.25. The zero-order valence-electron chi connectivity index (χ0n) is 9.90. The van der Waals surface area contributed by atoms with Crippen LogP contribution in [-0.2, 0) is 0 Å². The van der Waals surface area contributed by atoms with Crippen LogP contribution < -0.4 is 5.32 Å². The van der Waals surface area contributed by atoms with E-state index in [2.05, 4.69) is 15.4 Å². The summed E-state index contributed by atoms with van der Waals surface area (Å²) < 4.78 is 1.72. The minimum absolute atomic E-state index is 0.0486. The molecule has 0 aromatic carbocycles. The Morgan fingerprint density at radius 2 is 2.24 bits per heavy atom. The van der Waals surface area contributed by atoms with E-state index in [0.717, 1.165) is 29.9 Å². The van der Waals surface area contributed by atoms with Crippen LogP contribution in [0.25, 0.3) is 5.65 Å². The fourth-order valence-electron chi connectivity index (χ4n) is 1.88. The Hall–Kier alpha value is -1.91. The number of carbonyl (C=O) groups is 1. The van der Waals surface area contributed by atoms with Crippen molar-refractivity contribution in [3.8, 4) is 0 Å². The lowest BCUT2D eigenvalue weighted by Crippen LogP contribution is -2.27. The Balaban J connectivity index is 2.03. The first-order valence-corrected chi connectivity index (χ1v) is 5.78. The number of nitrogens with zero attached hydrogens (tertiary/aromatic N) is 3. The minimum atomic E-state index is -0.0486. The molecule has 2 heterocycles. The molecule has 1 saturated carbocycles. The summed E-state index contributed by atoms with van der Waals surface area (Å²) in [5.74, 6) is -0.0486. The molecule has 0 unspecified atom stereocenters. The molecular weight excluding hydrogens is 216 g/mol. The quantitative estimate of drug-likeness (QED) is 0.844. The Bertz CT molecular complexity index is 598. The fourth-order valence-corrected chi connectivity index (χ4v) is 1.88. The van der Waals surface area contributed by atoms with Crippen molar-refractivity contribution in [2.75, 3.05) is 0 Å². The number of fused-ring (bicyclic) bond motifs is 1. The van der Waals surface area contributed by atoms with Crippen LogP contribution in [0.5, 0.6) is 0 Å². The first kappa shape index (κ1) is 10.3. The first-order valence-electron chi connectivity index (χ1n) is 5.78. The Morgan fingerprint density at radius 3 is 2.94 bits per heavy atom. The van der Waals surface area contributed by atoms with Gasteiger partial charge in [-0.25, -0.2) is 9.50 Å². The van der Waals surface area contributed by atoms with E-state index in [0.29, 0.717) is 11.6 Å². The molecule has 88 valence electrons. The summed E-state index contributed by atoms with van der Waals surface area (Å²) >= 11 is 0. The van der Waals surface area contributed by atoms with Crippen LogP contribution in [0.4, 0.5) is 0 Å². The van der Waals surface area contributed by atoms with Gasteiger partial charge in [0.1, 0.15) is 0 Å². The predicted octanol–water partition coefficient (Wildman–Crippen LogP) is 1.24. The second kappa shape index (κ2) is 3.55. The average Bonchev–Trinajstić information content (AvgIpc) is 2.99. The first-order chi connectivity index (χ1) is 8.15. The van der Waals surface area contributed by atoms with Gasteiger partial charge in [-0.2, -0.15) is 5.10 Å². The van der Waals surface area contributed by atoms with E-state index in [1.807, 2.05) is 19.9 Å². The molecule has 1 aliphatic rings. The van der Waals surface area contributed by atoms with Crippen LogP contribution in [0.2, 0.25) is 0 Å². The topological polar surface area (TPSA) is 59.3 Å². The molecule has 5 heteroatoms. The molecule has 0 saturated heterocycles. The molecule has 3 rings (SSSR count). The summed E-state index contributed by atoms with van der Waals surface area (Å²) in [6, 6.07) is 2.26. The number of aryl methyl sites for hydroxylation is 2. The number of carbonyl (C=O) groups excluding carboxylic acids is 1. The summed E-state index contributed by atoms with van der Waals surface area (Å²) in [4.78, 5) is 16.2. The van der Waals surface area contributed by atoms with Gasteiger partial charge in [-0.15, -0.1) is 0 Å². The average molecular weight is 230 g/mol. The molecule has 0 bridgehead atoms. The maximum absolute atomic E-state index is 12.0. The third kappa shape index (κ3) is 1.77. The minimum Gasteiger partial charge on any atom is -0.349 e. The number of rotatable bonds is 2. The largest absolute Gasteiger partial charge is 0.349 e. The Kier molecular flexibility index (Phi) is 2.14. The lowest BCUT2D eigenvalue weighted by molar-refractivity contribution is 0.0949. The van der Waals surface area contributed by atoms with E-state index in [1.54, 1.807) is 10.7 Å². The zero-order valence-corrected chi connectivity index (χ0v) is 9.90. The van der Waals surface area contributed by atoms with Crippen LogP contribution in [0.3, 0.4) is 0 Å². The molecule has 1 aliphatic carbocycles. The second-order valence-electron chi connectivity index (χ2n) is 4.56. The highest BCUT2D eigenvalue weighted by atomic mass is 16.1. The molecule has 0 aliphatic heterocycles. The third-order valence-electron chi connectivity index (χ3n) is 3.00. The van der Waals surface area contributed by atoms with E-state index < -0.39 is 0 Å². The van der Waals surface area contributed by atoms with Gasteiger partial charge in [0.15, 0.2) is 5.65 Å². The van der Waals surface area contributed by atoms with E-state index in [9.17, 15) is 4.79 Å². The molecule has 0 spiro atoms. The van der Waals surface area contributed by atoms with Crippen molar-refractivity contribution in [3.63, 3.8) is 0 Å². The van der Waals surface area contributed by atoms with Gasteiger partial charge in [-0.1, -0.05) is 0 Å². The van der Waals surface area contributed by atoms with Gasteiger partial charge < -0.3 is 5.32 Å². The van der Waals surface area contributed by atoms with Crippen LogP contribution >= 0.6 is 0 Å². The summed E-state index contributed by atoms with van der Waals surface area (Å²) in [7, 11) is 0. The molecule has 1 amide bonds. The molecule has 1 N–H and O–H groups in total. The van der Waals surface area contributed by atoms with Gasteiger partial charge in [-0.05, 0) is 26.7 Å². The smallest absolute Gasteiger partial charge is 0.254 e. The molecule has 17 heavy (non-hydrogen) atoms. The van der Waals surface area contributed by atoms with Crippen molar-refractivity contribution in [1.82, 2.24) is 19.9 Å². The maximum atomic E-state index is 12.0. The number of hydrogen-bond acceptors (Lipinski definition) is 3. The number of nitrogens with one attached hydrogen (secondary N) is 1. The van der Waals surface area contributed by atoms with Gasteiger partial charge in [0, 0.05) is 18.3 Å². The molecule has 2 aromatic rings. The lowest BCUT2D eigenvalue weighted by Gasteiger charge is -2.07. The van der Waals surface area contributed by atoms with Crippen molar-refractivity contribution in [1.29, 1.82) is 0 Å².